The Hall–Kier alpha value is -1.44. The van der Waals surface area contributed by atoms with Gasteiger partial charge >= 0.3 is 0 Å². The van der Waals surface area contributed by atoms with Crippen LogP contribution in [0.4, 0.5) is 0 Å². The molecule has 6 nitrogen and oxygen atoms in total. The zero-order valence-electron chi connectivity index (χ0n) is 12.0. The van der Waals surface area contributed by atoms with E-state index in [1.807, 2.05) is 30.6 Å². The smallest absolute Gasteiger partial charge is 0.240 e. The van der Waals surface area contributed by atoms with E-state index in [0.29, 0.717) is 12.1 Å². The summed E-state index contributed by atoms with van der Waals surface area (Å²) in [5, 5.41) is 0. The molecule has 0 atom stereocenters. The van der Waals surface area contributed by atoms with E-state index in [1.54, 1.807) is 24.5 Å². The van der Waals surface area contributed by atoms with Crippen LogP contribution in [-0.2, 0) is 17.1 Å². The van der Waals surface area contributed by atoms with Crippen LogP contribution in [0.1, 0.15) is 6.42 Å². The lowest BCUT2D eigenvalue weighted by atomic mass is 10.3. The lowest BCUT2D eigenvalue weighted by Gasteiger charge is -2.10. The predicted octanol–water partition coefficient (Wildman–Crippen LogP) is 0.803. The minimum Gasteiger partial charge on any atom is -0.334 e. The third-order valence-corrected chi connectivity index (χ3v) is 4.54. The molecule has 0 unspecified atom stereocenters. The highest BCUT2D eigenvalue weighted by Gasteiger charge is 2.14. The van der Waals surface area contributed by atoms with Crippen molar-refractivity contribution in [2.45, 2.75) is 11.3 Å². The van der Waals surface area contributed by atoms with Crippen molar-refractivity contribution in [3.63, 3.8) is 0 Å². The Kier molecular flexibility index (Phi) is 4.42. The molecule has 2 aromatic rings. The summed E-state index contributed by atoms with van der Waals surface area (Å²) in [5.74, 6) is 0. The van der Waals surface area contributed by atoms with Crippen LogP contribution < -0.4 is 4.72 Å². The number of benzene rings is 1. The Bertz CT molecular complexity index is 691. The minimum absolute atomic E-state index is 0.258. The molecular weight excluding hydrogens is 276 g/mol. The van der Waals surface area contributed by atoms with Gasteiger partial charge in [0.1, 0.15) is 0 Å². The zero-order valence-corrected chi connectivity index (χ0v) is 12.8. The molecule has 0 saturated carbocycles. The molecule has 1 N–H and O–H groups in total. The standard InChI is InChI=1S/C13H20N4O2S/c1-16(2)8-4-7-15-20(18,19)11-5-6-13-12(9-11)14-10-17(13)3/h5-6,9-10,15H,4,7-8H2,1-3H3. The van der Waals surface area contributed by atoms with Crippen LogP contribution in [0, 0.1) is 0 Å². The van der Waals surface area contributed by atoms with Crippen LogP contribution in [0.2, 0.25) is 0 Å². The number of hydrogen-bond donors (Lipinski definition) is 1. The Morgan fingerprint density at radius 3 is 2.80 bits per heavy atom. The van der Waals surface area contributed by atoms with Crippen molar-refractivity contribution < 1.29 is 8.42 Å². The maximum atomic E-state index is 12.2. The fourth-order valence-corrected chi connectivity index (χ4v) is 3.06. The van der Waals surface area contributed by atoms with Gasteiger partial charge in [-0.2, -0.15) is 0 Å². The van der Waals surface area contributed by atoms with E-state index in [4.69, 9.17) is 0 Å². The highest BCUT2D eigenvalue weighted by atomic mass is 32.2. The van der Waals surface area contributed by atoms with Gasteiger partial charge in [0.25, 0.3) is 0 Å². The molecule has 2 rings (SSSR count). The molecule has 0 bridgehead atoms. The van der Waals surface area contributed by atoms with E-state index in [-0.39, 0.29) is 4.90 Å². The van der Waals surface area contributed by atoms with Gasteiger partial charge in [-0.05, 0) is 45.3 Å². The summed E-state index contributed by atoms with van der Waals surface area (Å²) in [6.07, 6.45) is 2.45. The van der Waals surface area contributed by atoms with Crippen LogP contribution in [0.25, 0.3) is 11.0 Å². The molecule has 0 aliphatic heterocycles. The number of rotatable bonds is 6. The van der Waals surface area contributed by atoms with Crippen molar-refractivity contribution >= 4 is 21.1 Å². The molecule has 20 heavy (non-hydrogen) atoms. The summed E-state index contributed by atoms with van der Waals surface area (Å²) < 4.78 is 28.8. The summed E-state index contributed by atoms with van der Waals surface area (Å²) in [6.45, 7) is 1.28. The van der Waals surface area contributed by atoms with Crippen molar-refractivity contribution in [1.29, 1.82) is 0 Å². The molecule has 0 spiro atoms. The highest BCUT2D eigenvalue weighted by Crippen LogP contribution is 2.17. The first-order valence-corrected chi connectivity index (χ1v) is 7.94. The van der Waals surface area contributed by atoms with Crippen molar-refractivity contribution in [1.82, 2.24) is 19.2 Å². The summed E-state index contributed by atoms with van der Waals surface area (Å²) in [6, 6.07) is 4.98. The lowest BCUT2D eigenvalue weighted by molar-refractivity contribution is 0.400. The monoisotopic (exact) mass is 296 g/mol. The quantitative estimate of drug-likeness (QED) is 0.801. The molecule has 1 heterocycles. The van der Waals surface area contributed by atoms with Gasteiger partial charge in [0.05, 0.1) is 22.3 Å². The average molecular weight is 296 g/mol. The van der Waals surface area contributed by atoms with Crippen LogP contribution >= 0.6 is 0 Å². The predicted molar refractivity (Wildman–Crippen MR) is 79.1 cm³/mol. The first-order chi connectivity index (χ1) is 9.40. The van der Waals surface area contributed by atoms with Crippen LogP contribution in [0.5, 0.6) is 0 Å². The van der Waals surface area contributed by atoms with E-state index in [1.165, 1.54) is 0 Å². The number of hydrogen-bond acceptors (Lipinski definition) is 4. The summed E-state index contributed by atoms with van der Waals surface area (Å²) >= 11 is 0. The van der Waals surface area contributed by atoms with Gasteiger partial charge in [0, 0.05) is 13.6 Å². The lowest BCUT2D eigenvalue weighted by Crippen LogP contribution is -2.27. The normalized spacial score (nSPS) is 12.4. The minimum atomic E-state index is -3.46. The van der Waals surface area contributed by atoms with Gasteiger partial charge < -0.3 is 9.47 Å². The first-order valence-electron chi connectivity index (χ1n) is 6.45. The van der Waals surface area contributed by atoms with Crippen LogP contribution in [-0.4, -0.2) is 50.1 Å². The summed E-state index contributed by atoms with van der Waals surface area (Å²) in [5.41, 5.74) is 1.60. The fourth-order valence-electron chi connectivity index (χ4n) is 1.97. The van der Waals surface area contributed by atoms with Crippen LogP contribution in [0.3, 0.4) is 0 Å². The molecule has 1 aromatic carbocycles. The van der Waals surface area contributed by atoms with E-state index in [2.05, 4.69) is 9.71 Å². The molecule has 0 aliphatic rings. The van der Waals surface area contributed by atoms with Gasteiger partial charge in [0.2, 0.25) is 10.0 Å². The van der Waals surface area contributed by atoms with Gasteiger partial charge in [-0.3, -0.25) is 0 Å². The molecular formula is C13H20N4O2S. The number of fused-ring (bicyclic) bond motifs is 1. The van der Waals surface area contributed by atoms with Gasteiger partial charge in [-0.15, -0.1) is 0 Å². The molecule has 7 heteroatoms. The fraction of sp³-hybridized carbons (Fsp3) is 0.462. The van der Waals surface area contributed by atoms with E-state index >= 15 is 0 Å². The SMILES string of the molecule is CN(C)CCCNS(=O)(=O)c1ccc2c(c1)ncn2C. The summed E-state index contributed by atoms with van der Waals surface area (Å²) in [4.78, 5) is 6.46. The first kappa shape index (κ1) is 15.0. The maximum Gasteiger partial charge on any atom is 0.240 e. The molecule has 0 aliphatic carbocycles. The molecule has 110 valence electrons. The summed E-state index contributed by atoms with van der Waals surface area (Å²) in [7, 11) is 2.34. The molecule has 0 radical (unpaired) electrons. The second kappa shape index (κ2) is 5.90. The Labute approximate surface area is 119 Å². The Balaban J connectivity index is 2.11. The average Bonchev–Trinajstić information content (AvgIpc) is 2.76. The van der Waals surface area contributed by atoms with Gasteiger partial charge in [-0.1, -0.05) is 0 Å². The molecule has 1 aromatic heterocycles. The van der Waals surface area contributed by atoms with Crippen molar-refractivity contribution in [3.05, 3.63) is 24.5 Å². The van der Waals surface area contributed by atoms with Crippen molar-refractivity contribution in [2.75, 3.05) is 27.2 Å². The largest absolute Gasteiger partial charge is 0.334 e. The topological polar surface area (TPSA) is 67.2 Å². The number of nitrogens with one attached hydrogen (secondary N) is 1. The Morgan fingerprint density at radius 2 is 2.10 bits per heavy atom. The maximum absolute atomic E-state index is 12.2. The number of aryl methyl sites for hydroxylation is 1. The zero-order chi connectivity index (χ0) is 14.8. The van der Waals surface area contributed by atoms with Gasteiger partial charge in [-0.25, -0.2) is 18.1 Å². The number of nitrogens with zero attached hydrogens (tertiary/aromatic N) is 3. The third kappa shape index (κ3) is 3.36. The number of sulfonamides is 1. The molecule has 0 fully saturated rings. The number of imidazole rings is 1. The molecule has 0 amide bonds. The van der Waals surface area contributed by atoms with Crippen molar-refractivity contribution in [2.24, 2.45) is 7.05 Å². The van der Waals surface area contributed by atoms with Crippen molar-refractivity contribution in [3.8, 4) is 0 Å². The third-order valence-electron chi connectivity index (χ3n) is 3.08. The van der Waals surface area contributed by atoms with E-state index in [0.717, 1.165) is 18.5 Å². The van der Waals surface area contributed by atoms with Crippen LogP contribution in [0.15, 0.2) is 29.4 Å². The second-order valence-electron chi connectivity index (χ2n) is 5.06. The van der Waals surface area contributed by atoms with E-state index in [9.17, 15) is 8.42 Å². The van der Waals surface area contributed by atoms with E-state index < -0.39 is 10.0 Å². The number of aromatic nitrogens is 2. The van der Waals surface area contributed by atoms with Gasteiger partial charge in [0.15, 0.2) is 0 Å². The second-order valence-corrected chi connectivity index (χ2v) is 6.83. The Morgan fingerprint density at radius 1 is 1.35 bits per heavy atom. The molecule has 0 saturated heterocycles. The highest BCUT2D eigenvalue weighted by molar-refractivity contribution is 7.89.